The minimum Gasteiger partial charge on any atom is -0.348 e. The van der Waals surface area contributed by atoms with E-state index in [-0.39, 0.29) is 24.8 Å². The Hall–Kier alpha value is -2.42. The van der Waals surface area contributed by atoms with E-state index in [1.165, 1.54) is 17.0 Å². The van der Waals surface area contributed by atoms with E-state index in [4.69, 9.17) is 4.52 Å². The number of halogens is 3. The highest BCUT2D eigenvalue weighted by molar-refractivity contribution is 5.77. The number of carbonyl (C=O) groups excluding carboxylic acids is 1. The molecule has 0 N–H and O–H groups in total. The van der Waals surface area contributed by atoms with Gasteiger partial charge in [0.25, 0.3) is 0 Å². The van der Waals surface area contributed by atoms with Gasteiger partial charge in [-0.15, -0.1) is 0 Å². The van der Waals surface area contributed by atoms with Crippen molar-refractivity contribution in [1.82, 2.24) is 19.9 Å². The van der Waals surface area contributed by atoms with E-state index in [1.54, 1.807) is 14.1 Å². The molecule has 0 bridgehead atoms. The maximum Gasteiger partial charge on any atom is 0.416 e. The summed E-state index contributed by atoms with van der Waals surface area (Å²) in [5, 5.41) is 3.79. The van der Waals surface area contributed by atoms with Gasteiger partial charge in [0.15, 0.2) is 0 Å². The molecule has 0 aliphatic carbocycles. The van der Waals surface area contributed by atoms with Gasteiger partial charge in [-0.3, -0.25) is 9.69 Å². The van der Waals surface area contributed by atoms with Gasteiger partial charge in [-0.1, -0.05) is 24.2 Å². The molecule has 0 unspecified atom stereocenters. The quantitative estimate of drug-likeness (QED) is 0.796. The molecule has 25 heavy (non-hydrogen) atoms. The Labute approximate surface area is 143 Å². The molecule has 0 aliphatic heterocycles. The fourth-order valence-corrected chi connectivity index (χ4v) is 2.05. The Bertz CT molecular complexity index is 711. The summed E-state index contributed by atoms with van der Waals surface area (Å²) in [7, 11) is 3.34. The first-order valence-electron chi connectivity index (χ1n) is 7.63. The fraction of sp³-hybridized carbons (Fsp3) is 0.438. The predicted molar refractivity (Wildman–Crippen MR) is 84.4 cm³/mol. The molecule has 9 heteroatoms. The summed E-state index contributed by atoms with van der Waals surface area (Å²) in [6, 6.07) is 4.54. The first-order chi connectivity index (χ1) is 11.7. The number of amides is 1. The summed E-state index contributed by atoms with van der Waals surface area (Å²) < 4.78 is 42.9. The third-order valence-electron chi connectivity index (χ3n) is 3.60. The number of nitrogens with zero attached hydrogens (tertiary/aromatic N) is 4. The highest BCUT2D eigenvalue weighted by Gasteiger charge is 2.30. The summed E-state index contributed by atoms with van der Waals surface area (Å²) in [6.07, 6.45) is -4.39. The fourth-order valence-electron chi connectivity index (χ4n) is 2.05. The average molecular weight is 356 g/mol. The molecule has 136 valence electrons. The first-order valence-corrected chi connectivity index (χ1v) is 7.63. The lowest BCUT2D eigenvalue weighted by Gasteiger charge is -2.19. The molecule has 0 saturated carbocycles. The second-order valence-corrected chi connectivity index (χ2v) is 5.68. The van der Waals surface area contributed by atoms with Gasteiger partial charge in [0, 0.05) is 19.7 Å². The van der Waals surface area contributed by atoms with Crippen LogP contribution in [0.2, 0.25) is 0 Å². The zero-order valence-corrected chi connectivity index (χ0v) is 14.2. The summed E-state index contributed by atoms with van der Waals surface area (Å²) in [6.45, 7) is 3.00. The highest BCUT2D eigenvalue weighted by Crippen LogP contribution is 2.30. The molecular weight excluding hydrogens is 337 g/mol. The van der Waals surface area contributed by atoms with Crippen molar-refractivity contribution < 1.29 is 22.5 Å². The number of benzene rings is 1. The lowest BCUT2D eigenvalue weighted by Crippen LogP contribution is -2.36. The normalized spacial score (nSPS) is 11.8. The van der Waals surface area contributed by atoms with E-state index < -0.39 is 11.7 Å². The second-order valence-electron chi connectivity index (χ2n) is 5.68. The minimum atomic E-state index is -4.39. The number of likely N-dealkylation sites (N-methyl/N-ethyl adjacent to an activating group) is 2. The zero-order valence-electron chi connectivity index (χ0n) is 14.2. The van der Waals surface area contributed by atoms with Crippen LogP contribution < -0.4 is 0 Å². The Morgan fingerprint density at radius 3 is 2.36 bits per heavy atom. The zero-order chi connectivity index (χ0) is 18.6. The van der Waals surface area contributed by atoms with Crippen molar-refractivity contribution in [1.29, 1.82) is 0 Å². The summed E-state index contributed by atoms with van der Waals surface area (Å²) in [5.74, 6) is 0.450. The summed E-state index contributed by atoms with van der Waals surface area (Å²) in [4.78, 5) is 19.3. The molecule has 6 nitrogen and oxygen atoms in total. The van der Waals surface area contributed by atoms with E-state index in [0.717, 1.165) is 12.1 Å². The van der Waals surface area contributed by atoms with Crippen LogP contribution in [-0.2, 0) is 17.5 Å². The van der Waals surface area contributed by atoms with Gasteiger partial charge in [0.1, 0.15) is 0 Å². The van der Waals surface area contributed by atoms with Crippen LogP contribution in [-0.4, -0.2) is 53.0 Å². The van der Waals surface area contributed by atoms with E-state index in [9.17, 15) is 18.0 Å². The molecule has 0 spiro atoms. The monoisotopic (exact) mass is 356 g/mol. The van der Waals surface area contributed by atoms with Gasteiger partial charge in [-0.05, 0) is 18.7 Å². The Morgan fingerprint density at radius 1 is 1.20 bits per heavy atom. The van der Waals surface area contributed by atoms with Gasteiger partial charge < -0.3 is 9.42 Å². The standard InChI is InChI=1S/C16H19F3N4O2/c1-4-23(10-14(24)22(2)3)9-13-20-15(21-25-13)11-5-7-12(8-6-11)16(17,18)19/h5-8H,4,9-10H2,1-3H3. The molecule has 1 aromatic carbocycles. The maximum absolute atomic E-state index is 12.6. The lowest BCUT2D eigenvalue weighted by molar-refractivity contribution is -0.137. The molecule has 1 aromatic heterocycles. The van der Waals surface area contributed by atoms with Crippen molar-refractivity contribution in [3.05, 3.63) is 35.7 Å². The third-order valence-corrected chi connectivity index (χ3v) is 3.60. The summed E-state index contributed by atoms with van der Waals surface area (Å²) >= 11 is 0. The van der Waals surface area contributed by atoms with Crippen LogP contribution in [0.3, 0.4) is 0 Å². The number of carbonyl (C=O) groups is 1. The van der Waals surface area contributed by atoms with Crippen molar-refractivity contribution in [2.75, 3.05) is 27.2 Å². The van der Waals surface area contributed by atoms with Gasteiger partial charge >= 0.3 is 6.18 Å². The van der Waals surface area contributed by atoms with Crippen LogP contribution in [0.25, 0.3) is 11.4 Å². The molecule has 2 rings (SSSR count). The van der Waals surface area contributed by atoms with Crippen molar-refractivity contribution in [3.8, 4) is 11.4 Å². The SMILES string of the molecule is CCN(CC(=O)N(C)C)Cc1nc(-c2ccc(C(F)(F)F)cc2)no1. The van der Waals surface area contributed by atoms with Crippen LogP contribution in [0, 0.1) is 0 Å². The molecular formula is C16H19F3N4O2. The molecule has 0 saturated heterocycles. The number of hydrogen-bond acceptors (Lipinski definition) is 5. The van der Waals surface area contributed by atoms with Gasteiger partial charge in [0.05, 0.1) is 18.7 Å². The minimum absolute atomic E-state index is 0.0515. The largest absolute Gasteiger partial charge is 0.416 e. The van der Waals surface area contributed by atoms with Crippen LogP contribution >= 0.6 is 0 Å². The Morgan fingerprint density at radius 2 is 1.84 bits per heavy atom. The van der Waals surface area contributed by atoms with Gasteiger partial charge in [0.2, 0.25) is 17.6 Å². The van der Waals surface area contributed by atoms with E-state index in [0.29, 0.717) is 18.0 Å². The number of alkyl halides is 3. The van der Waals surface area contributed by atoms with Crippen molar-refractivity contribution in [2.24, 2.45) is 0 Å². The summed E-state index contributed by atoms with van der Waals surface area (Å²) in [5.41, 5.74) is -0.310. The number of rotatable bonds is 6. The average Bonchev–Trinajstić information content (AvgIpc) is 3.01. The molecule has 0 fully saturated rings. The van der Waals surface area contributed by atoms with Crippen LogP contribution in [0.5, 0.6) is 0 Å². The molecule has 2 aromatic rings. The third kappa shape index (κ3) is 5.02. The second kappa shape index (κ2) is 7.64. The Balaban J connectivity index is 2.07. The van der Waals surface area contributed by atoms with E-state index in [2.05, 4.69) is 10.1 Å². The van der Waals surface area contributed by atoms with Crippen LogP contribution in [0.1, 0.15) is 18.4 Å². The van der Waals surface area contributed by atoms with E-state index in [1.807, 2.05) is 11.8 Å². The maximum atomic E-state index is 12.6. The van der Waals surface area contributed by atoms with Crippen LogP contribution in [0.4, 0.5) is 13.2 Å². The molecule has 0 atom stereocenters. The van der Waals surface area contributed by atoms with Crippen LogP contribution in [0.15, 0.2) is 28.8 Å². The smallest absolute Gasteiger partial charge is 0.348 e. The number of aromatic nitrogens is 2. The molecule has 0 aliphatic rings. The predicted octanol–water partition coefficient (Wildman–Crippen LogP) is 2.67. The highest BCUT2D eigenvalue weighted by atomic mass is 19.4. The lowest BCUT2D eigenvalue weighted by atomic mass is 10.1. The van der Waals surface area contributed by atoms with E-state index >= 15 is 0 Å². The van der Waals surface area contributed by atoms with Gasteiger partial charge in [-0.2, -0.15) is 18.2 Å². The molecule has 1 amide bonds. The van der Waals surface area contributed by atoms with Crippen molar-refractivity contribution in [2.45, 2.75) is 19.6 Å². The van der Waals surface area contributed by atoms with Crippen molar-refractivity contribution in [3.63, 3.8) is 0 Å². The number of hydrogen-bond donors (Lipinski definition) is 0. The molecule has 0 radical (unpaired) electrons. The van der Waals surface area contributed by atoms with Crippen molar-refractivity contribution >= 4 is 5.91 Å². The first kappa shape index (κ1) is 18.9. The van der Waals surface area contributed by atoms with Gasteiger partial charge in [-0.25, -0.2) is 0 Å². The molecule has 1 heterocycles. The topological polar surface area (TPSA) is 62.5 Å². The Kier molecular flexibility index (Phi) is 5.78.